The third-order valence-electron chi connectivity index (χ3n) is 6.21. The molecule has 0 unspecified atom stereocenters. The van der Waals surface area contributed by atoms with Crippen LogP contribution in [0.4, 0.5) is 0 Å². The maximum atomic E-state index is 4.63. The molecule has 4 aromatic heterocycles. The molecule has 0 amide bonds. The first-order valence-corrected chi connectivity index (χ1v) is 10.8. The van der Waals surface area contributed by atoms with Gasteiger partial charge < -0.3 is 10.3 Å². The van der Waals surface area contributed by atoms with Crippen molar-refractivity contribution in [3.05, 3.63) is 60.3 Å². The number of aromatic amines is 2. The molecule has 0 atom stereocenters. The van der Waals surface area contributed by atoms with Crippen molar-refractivity contribution in [1.82, 2.24) is 40.5 Å². The van der Waals surface area contributed by atoms with E-state index >= 15 is 0 Å². The first-order chi connectivity index (χ1) is 15.3. The molecule has 0 bridgehead atoms. The van der Waals surface area contributed by atoms with Crippen molar-refractivity contribution >= 4 is 21.8 Å². The van der Waals surface area contributed by atoms with Crippen LogP contribution >= 0.6 is 0 Å². The molecule has 8 nitrogen and oxygen atoms in total. The smallest absolute Gasteiger partial charge is 0.113 e. The second kappa shape index (κ2) is 7.63. The number of rotatable bonds is 7. The van der Waals surface area contributed by atoms with Gasteiger partial charge in [-0.25, -0.2) is 4.68 Å². The van der Waals surface area contributed by atoms with Crippen molar-refractivity contribution in [1.29, 1.82) is 0 Å². The predicted molar refractivity (Wildman–Crippen MR) is 119 cm³/mol. The number of nitrogens with one attached hydrogen (secondary N) is 3. The number of nitrogens with zero attached hydrogens (tertiary/aromatic N) is 5. The lowest BCUT2D eigenvalue weighted by molar-refractivity contribution is 0.301. The van der Waals surface area contributed by atoms with Crippen LogP contribution in [-0.2, 0) is 13.1 Å². The number of H-pyrrole nitrogens is 2. The molecule has 5 aromatic rings. The van der Waals surface area contributed by atoms with E-state index in [1.165, 1.54) is 25.0 Å². The van der Waals surface area contributed by atoms with E-state index < -0.39 is 0 Å². The fraction of sp³-hybridized carbons (Fsp3) is 0.304. The number of hydrogen-bond acceptors (Lipinski definition) is 5. The Balaban J connectivity index is 1.17. The highest BCUT2D eigenvalue weighted by Gasteiger charge is 2.16. The Morgan fingerprint density at radius 2 is 2.10 bits per heavy atom. The van der Waals surface area contributed by atoms with Crippen molar-refractivity contribution in [2.45, 2.75) is 32.4 Å². The van der Waals surface area contributed by atoms with Crippen molar-refractivity contribution in [3.8, 4) is 11.3 Å². The summed E-state index contributed by atoms with van der Waals surface area (Å²) in [6, 6.07) is 10.3. The molecule has 1 aliphatic rings. The van der Waals surface area contributed by atoms with Crippen molar-refractivity contribution in [3.63, 3.8) is 0 Å². The fourth-order valence-corrected chi connectivity index (χ4v) is 4.28. The van der Waals surface area contributed by atoms with Crippen molar-refractivity contribution in [2.24, 2.45) is 5.92 Å². The van der Waals surface area contributed by atoms with Crippen molar-refractivity contribution < 1.29 is 0 Å². The molecular formula is C23H24N8. The van der Waals surface area contributed by atoms with E-state index in [4.69, 9.17) is 0 Å². The normalized spacial score (nSPS) is 14.5. The van der Waals surface area contributed by atoms with E-state index in [2.05, 4.69) is 47.9 Å². The molecule has 0 spiro atoms. The molecule has 0 saturated heterocycles. The number of pyridine rings is 1. The van der Waals surface area contributed by atoms with Gasteiger partial charge in [0.15, 0.2) is 0 Å². The van der Waals surface area contributed by atoms with Gasteiger partial charge in [0.2, 0.25) is 0 Å². The van der Waals surface area contributed by atoms with Gasteiger partial charge in [0.25, 0.3) is 0 Å². The second-order valence-corrected chi connectivity index (χ2v) is 8.42. The van der Waals surface area contributed by atoms with E-state index in [0.717, 1.165) is 57.8 Å². The summed E-state index contributed by atoms with van der Waals surface area (Å²) in [4.78, 5) is 8.15. The van der Waals surface area contributed by atoms with Crippen LogP contribution in [0.2, 0.25) is 0 Å². The average Bonchev–Trinajstić information content (AvgIpc) is 3.48. The molecule has 6 rings (SSSR count). The highest BCUT2D eigenvalue weighted by molar-refractivity contribution is 5.93. The summed E-state index contributed by atoms with van der Waals surface area (Å²) in [5, 5.41) is 21.5. The first-order valence-electron chi connectivity index (χ1n) is 10.8. The van der Waals surface area contributed by atoms with Crippen LogP contribution in [0.1, 0.15) is 30.7 Å². The minimum absolute atomic E-state index is 0.568. The number of hydrogen-bond donors (Lipinski definition) is 3. The minimum Gasteiger partial charge on any atom is -0.357 e. The Labute approximate surface area is 179 Å². The summed E-state index contributed by atoms with van der Waals surface area (Å²) in [5.41, 5.74) is 6.08. The molecule has 4 heterocycles. The van der Waals surface area contributed by atoms with Crippen LogP contribution in [0.25, 0.3) is 33.1 Å². The summed E-state index contributed by atoms with van der Waals surface area (Å²) in [7, 11) is 0. The zero-order valence-electron chi connectivity index (χ0n) is 17.2. The van der Waals surface area contributed by atoms with Gasteiger partial charge in [-0.15, -0.1) is 5.10 Å². The van der Waals surface area contributed by atoms with Gasteiger partial charge in [0.1, 0.15) is 5.69 Å². The van der Waals surface area contributed by atoms with Gasteiger partial charge in [-0.1, -0.05) is 23.8 Å². The van der Waals surface area contributed by atoms with Crippen LogP contribution in [0, 0.1) is 5.92 Å². The van der Waals surface area contributed by atoms with E-state index in [0.29, 0.717) is 6.54 Å². The SMILES string of the molecule is c1cc(-c2cn(Cc3cc4[nH]c(CNCC5CCC5)cc4cn3)nn2)c2cn[nH]c2c1. The Kier molecular flexibility index (Phi) is 4.49. The Morgan fingerprint density at radius 1 is 1.13 bits per heavy atom. The highest BCUT2D eigenvalue weighted by atomic mass is 15.4. The quantitative estimate of drug-likeness (QED) is 0.379. The lowest BCUT2D eigenvalue weighted by Crippen LogP contribution is -2.26. The molecule has 1 aliphatic carbocycles. The third-order valence-corrected chi connectivity index (χ3v) is 6.21. The predicted octanol–water partition coefficient (Wildman–Crippen LogP) is 3.64. The van der Waals surface area contributed by atoms with E-state index in [9.17, 15) is 0 Å². The van der Waals surface area contributed by atoms with E-state index in [1.807, 2.05) is 41.5 Å². The molecule has 1 fully saturated rings. The summed E-state index contributed by atoms with van der Waals surface area (Å²) in [6.07, 6.45) is 9.84. The summed E-state index contributed by atoms with van der Waals surface area (Å²) in [5.74, 6) is 0.866. The zero-order chi connectivity index (χ0) is 20.6. The lowest BCUT2D eigenvalue weighted by Gasteiger charge is -2.25. The molecule has 1 aromatic carbocycles. The van der Waals surface area contributed by atoms with Crippen LogP contribution in [0.3, 0.4) is 0 Å². The molecule has 3 N–H and O–H groups in total. The topological polar surface area (TPSA) is 100 Å². The van der Waals surface area contributed by atoms with Gasteiger partial charge in [-0.2, -0.15) is 5.10 Å². The zero-order valence-corrected chi connectivity index (χ0v) is 17.2. The third kappa shape index (κ3) is 3.59. The molecule has 156 valence electrons. The molecular weight excluding hydrogens is 388 g/mol. The van der Waals surface area contributed by atoms with E-state index in [-0.39, 0.29) is 0 Å². The maximum absolute atomic E-state index is 4.63. The standard InChI is InChI=1S/C23H24N8/c1-3-15(4-1)9-24-11-17-7-16-10-25-18(8-22(16)27-17)13-31-14-23(29-30-31)19-5-2-6-21-20(19)12-26-28-21/h2,5-8,10,12,14-15,24,27H,1,3-4,9,11,13H2,(H,26,28). The monoisotopic (exact) mass is 412 g/mol. The summed E-state index contributed by atoms with van der Waals surface area (Å²) < 4.78 is 1.83. The Hall–Kier alpha value is -3.52. The van der Waals surface area contributed by atoms with Crippen LogP contribution in [-0.4, -0.2) is 41.7 Å². The van der Waals surface area contributed by atoms with Crippen LogP contribution in [0.15, 0.2) is 48.9 Å². The van der Waals surface area contributed by atoms with Crippen LogP contribution in [0.5, 0.6) is 0 Å². The highest BCUT2D eigenvalue weighted by Crippen LogP contribution is 2.26. The van der Waals surface area contributed by atoms with Gasteiger partial charge in [-0.3, -0.25) is 10.1 Å². The summed E-state index contributed by atoms with van der Waals surface area (Å²) in [6.45, 7) is 2.55. The van der Waals surface area contributed by atoms with Gasteiger partial charge >= 0.3 is 0 Å². The van der Waals surface area contributed by atoms with Gasteiger partial charge in [0, 0.05) is 40.3 Å². The van der Waals surface area contributed by atoms with Crippen LogP contribution < -0.4 is 5.32 Å². The Morgan fingerprint density at radius 3 is 3.00 bits per heavy atom. The lowest BCUT2D eigenvalue weighted by atomic mass is 9.85. The molecule has 31 heavy (non-hydrogen) atoms. The number of benzene rings is 1. The van der Waals surface area contributed by atoms with Gasteiger partial charge in [-0.05, 0) is 43.5 Å². The number of aromatic nitrogens is 7. The minimum atomic E-state index is 0.568. The summed E-state index contributed by atoms with van der Waals surface area (Å²) >= 11 is 0. The maximum Gasteiger partial charge on any atom is 0.113 e. The van der Waals surface area contributed by atoms with E-state index in [1.54, 1.807) is 0 Å². The molecule has 1 saturated carbocycles. The van der Waals surface area contributed by atoms with Gasteiger partial charge in [0.05, 0.1) is 30.1 Å². The first kappa shape index (κ1) is 18.3. The molecule has 0 radical (unpaired) electrons. The molecule has 0 aliphatic heterocycles. The largest absolute Gasteiger partial charge is 0.357 e. The fourth-order valence-electron chi connectivity index (χ4n) is 4.28. The average molecular weight is 413 g/mol. The Bertz CT molecular complexity index is 1340. The van der Waals surface area contributed by atoms with Crippen molar-refractivity contribution in [2.75, 3.05) is 6.54 Å². The number of fused-ring (bicyclic) bond motifs is 2. The molecule has 8 heteroatoms. The second-order valence-electron chi connectivity index (χ2n) is 8.42.